The summed E-state index contributed by atoms with van der Waals surface area (Å²) in [6, 6.07) is 15.2. The van der Waals surface area contributed by atoms with Gasteiger partial charge in [0.15, 0.2) is 11.6 Å². The molecule has 2 aromatic rings. The number of ether oxygens (including phenoxy) is 3. The average Bonchev–Trinajstić information content (AvgIpc) is 3.18. The third-order valence-electron chi connectivity index (χ3n) is 5.44. The van der Waals surface area contributed by atoms with Gasteiger partial charge in [-0.05, 0) is 17.7 Å². The number of hydrogen-bond acceptors (Lipinski definition) is 5. The van der Waals surface area contributed by atoms with Crippen LogP contribution in [0.15, 0.2) is 48.5 Å². The fourth-order valence-electron chi connectivity index (χ4n) is 3.94. The van der Waals surface area contributed by atoms with E-state index < -0.39 is 0 Å². The summed E-state index contributed by atoms with van der Waals surface area (Å²) in [6.07, 6.45) is 1.74. The summed E-state index contributed by atoms with van der Waals surface area (Å²) in [7, 11) is 1.59. The molecular formula is C22H25NO4. The lowest BCUT2D eigenvalue weighted by Crippen LogP contribution is -2.44. The van der Waals surface area contributed by atoms with Crippen LogP contribution in [-0.2, 0) is 16.0 Å². The minimum Gasteiger partial charge on any atom is -0.496 e. The van der Waals surface area contributed by atoms with Gasteiger partial charge in [-0.3, -0.25) is 9.69 Å². The highest BCUT2D eigenvalue weighted by atomic mass is 16.7. The Morgan fingerprint density at radius 2 is 1.63 bits per heavy atom. The molecule has 0 unspecified atom stereocenters. The molecule has 0 saturated carbocycles. The van der Waals surface area contributed by atoms with Crippen molar-refractivity contribution in [2.75, 3.05) is 33.4 Å². The lowest BCUT2D eigenvalue weighted by atomic mass is 9.96. The molecule has 4 rings (SSSR count). The highest BCUT2D eigenvalue weighted by molar-refractivity contribution is 6.11. The average molecular weight is 367 g/mol. The molecule has 0 bridgehead atoms. The third-order valence-corrected chi connectivity index (χ3v) is 5.44. The monoisotopic (exact) mass is 367 g/mol. The zero-order valence-electron chi connectivity index (χ0n) is 15.6. The molecule has 1 spiro atoms. The number of ketones is 1. The summed E-state index contributed by atoms with van der Waals surface area (Å²) >= 11 is 0. The van der Waals surface area contributed by atoms with Crippen LogP contribution in [0.4, 0.5) is 0 Å². The summed E-state index contributed by atoms with van der Waals surface area (Å²) in [6.45, 7) is 3.92. The van der Waals surface area contributed by atoms with Gasteiger partial charge in [0.05, 0.1) is 25.9 Å². The molecule has 0 N–H and O–H groups in total. The van der Waals surface area contributed by atoms with Crippen molar-refractivity contribution in [3.63, 3.8) is 0 Å². The van der Waals surface area contributed by atoms with Crippen LogP contribution < -0.4 is 4.74 Å². The van der Waals surface area contributed by atoms with E-state index in [9.17, 15) is 4.79 Å². The van der Waals surface area contributed by atoms with Gasteiger partial charge in [0, 0.05) is 38.0 Å². The number of carbonyl (C=O) groups is 1. The van der Waals surface area contributed by atoms with E-state index in [2.05, 4.69) is 4.90 Å². The molecule has 5 nitrogen and oxygen atoms in total. The first-order chi connectivity index (χ1) is 13.2. The fraction of sp³-hybridized carbons (Fsp3) is 0.409. The molecule has 0 radical (unpaired) electrons. The highest BCUT2D eigenvalue weighted by Crippen LogP contribution is 2.32. The molecular weight excluding hydrogens is 342 g/mol. The number of rotatable bonds is 5. The first-order valence-corrected chi connectivity index (χ1v) is 9.47. The van der Waals surface area contributed by atoms with Crippen LogP contribution in [0.1, 0.15) is 34.3 Å². The summed E-state index contributed by atoms with van der Waals surface area (Å²) in [5.74, 6) is 0.232. The predicted octanol–water partition coefficient (Wildman–Crippen LogP) is 3.27. The summed E-state index contributed by atoms with van der Waals surface area (Å²) in [5.41, 5.74) is 2.37. The lowest BCUT2D eigenvalue weighted by Gasteiger charge is -2.37. The van der Waals surface area contributed by atoms with Crippen LogP contribution in [-0.4, -0.2) is 49.9 Å². The maximum Gasteiger partial charge on any atom is 0.197 e. The molecule has 0 atom stereocenters. The van der Waals surface area contributed by atoms with Crippen LogP contribution in [0.2, 0.25) is 0 Å². The van der Waals surface area contributed by atoms with Gasteiger partial charge in [-0.1, -0.05) is 36.4 Å². The maximum atomic E-state index is 13.2. The standard InChI is InChI=1S/C22H25NO4/c1-25-20-9-5-4-8-19(20)21(24)18-7-3-2-6-17(18)16-23-12-10-22(11-13-23)26-14-15-27-22/h2-9H,10-16H2,1H3. The Bertz CT molecular complexity index is 803. The van der Waals surface area contributed by atoms with E-state index in [0.717, 1.165) is 43.6 Å². The first kappa shape index (κ1) is 18.2. The Kier molecular flexibility index (Phi) is 5.25. The van der Waals surface area contributed by atoms with Crippen LogP contribution in [0, 0.1) is 0 Å². The van der Waals surface area contributed by atoms with Crippen molar-refractivity contribution in [2.45, 2.75) is 25.2 Å². The Balaban J connectivity index is 1.51. The molecule has 5 heteroatoms. The molecule has 2 aromatic carbocycles. The van der Waals surface area contributed by atoms with E-state index in [4.69, 9.17) is 14.2 Å². The van der Waals surface area contributed by atoms with E-state index in [-0.39, 0.29) is 11.6 Å². The Labute approximate surface area is 159 Å². The Hall–Kier alpha value is -2.21. The van der Waals surface area contributed by atoms with Gasteiger partial charge < -0.3 is 14.2 Å². The molecule has 2 saturated heterocycles. The smallest absolute Gasteiger partial charge is 0.197 e. The zero-order valence-corrected chi connectivity index (χ0v) is 15.6. The van der Waals surface area contributed by atoms with Crippen LogP contribution in [0.5, 0.6) is 5.75 Å². The Morgan fingerprint density at radius 1 is 1.00 bits per heavy atom. The summed E-state index contributed by atoms with van der Waals surface area (Å²) in [5, 5.41) is 0. The van der Waals surface area contributed by atoms with Gasteiger partial charge in [-0.15, -0.1) is 0 Å². The fourth-order valence-corrected chi connectivity index (χ4v) is 3.94. The lowest BCUT2D eigenvalue weighted by molar-refractivity contribution is -0.185. The second-order valence-corrected chi connectivity index (χ2v) is 7.07. The van der Waals surface area contributed by atoms with E-state index in [1.54, 1.807) is 7.11 Å². The first-order valence-electron chi connectivity index (χ1n) is 9.47. The summed E-state index contributed by atoms with van der Waals surface area (Å²) < 4.78 is 17.0. The van der Waals surface area contributed by atoms with Gasteiger partial charge in [-0.2, -0.15) is 0 Å². The van der Waals surface area contributed by atoms with Gasteiger partial charge in [0.1, 0.15) is 5.75 Å². The number of nitrogens with zero attached hydrogens (tertiary/aromatic N) is 1. The molecule has 142 valence electrons. The van der Waals surface area contributed by atoms with Crippen molar-refractivity contribution in [3.8, 4) is 5.75 Å². The molecule has 0 aromatic heterocycles. The molecule has 2 aliphatic heterocycles. The van der Waals surface area contributed by atoms with Crippen LogP contribution in [0.3, 0.4) is 0 Å². The predicted molar refractivity (Wildman–Crippen MR) is 102 cm³/mol. The topological polar surface area (TPSA) is 48.0 Å². The van der Waals surface area contributed by atoms with Crippen molar-refractivity contribution in [2.24, 2.45) is 0 Å². The molecule has 2 fully saturated rings. The number of piperidine rings is 1. The van der Waals surface area contributed by atoms with Crippen molar-refractivity contribution in [3.05, 3.63) is 65.2 Å². The van der Waals surface area contributed by atoms with Crippen molar-refractivity contribution < 1.29 is 19.0 Å². The number of methoxy groups -OCH3 is 1. The van der Waals surface area contributed by atoms with Crippen molar-refractivity contribution in [1.29, 1.82) is 0 Å². The SMILES string of the molecule is COc1ccccc1C(=O)c1ccccc1CN1CCC2(CC1)OCCO2. The van der Waals surface area contributed by atoms with Crippen LogP contribution >= 0.6 is 0 Å². The number of benzene rings is 2. The molecule has 2 aliphatic rings. The molecule has 2 heterocycles. The van der Waals surface area contributed by atoms with Gasteiger partial charge in [0.2, 0.25) is 0 Å². The third kappa shape index (κ3) is 3.76. The Morgan fingerprint density at radius 3 is 2.33 bits per heavy atom. The second kappa shape index (κ2) is 7.80. The van der Waals surface area contributed by atoms with E-state index in [1.165, 1.54) is 0 Å². The maximum absolute atomic E-state index is 13.2. The summed E-state index contributed by atoms with van der Waals surface area (Å²) in [4.78, 5) is 15.5. The number of para-hydroxylation sites is 1. The second-order valence-electron chi connectivity index (χ2n) is 7.07. The largest absolute Gasteiger partial charge is 0.496 e. The van der Waals surface area contributed by atoms with E-state index >= 15 is 0 Å². The number of hydrogen-bond donors (Lipinski definition) is 0. The zero-order chi connectivity index (χ0) is 18.7. The molecule has 0 amide bonds. The van der Waals surface area contributed by atoms with Gasteiger partial charge >= 0.3 is 0 Å². The van der Waals surface area contributed by atoms with Crippen LogP contribution in [0.25, 0.3) is 0 Å². The van der Waals surface area contributed by atoms with Crippen molar-refractivity contribution >= 4 is 5.78 Å². The normalized spacial score (nSPS) is 19.3. The van der Waals surface area contributed by atoms with Gasteiger partial charge in [0.25, 0.3) is 0 Å². The van der Waals surface area contributed by atoms with Crippen molar-refractivity contribution in [1.82, 2.24) is 4.90 Å². The molecule has 0 aliphatic carbocycles. The number of carbonyl (C=O) groups excluding carboxylic acids is 1. The number of likely N-dealkylation sites (tertiary alicyclic amines) is 1. The minimum absolute atomic E-state index is 0.000936. The minimum atomic E-state index is -0.372. The molecule has 27 heavy (non-hydrogen) atoms. The van der Waals surface area contributed by atoms with E-state index in [1.807, 2.05) is 48.5 Å². The highest BCUT2D eigenvalue weighted by Gasteiger charge is 2.39. The van der Waals surface area contributed by atoms with Gasteiger partial charge in [-0.25, -0.2) is 0 Å². The quantitative estimate of drug-likeness (QED) is 0.759. The van der Waals surface area contributed by atoms with E-state index in [0.29, 0.717) is 24.5 Å².